The third-order valence-electron chi connectivity index (χ3n) is 3.05. The number of aliphatic hydroxyl groups excluding tert-OH is 1. The molecule has 3 heteroatoms. The molecular formula is C14H18N2O. The van der Waals surface area contributed by atoms with Crippen LogP contribution in [0.15, 0.2) is 30.5 Å². The predicted octanol–water partition coefficient (Wildman–Crippen LogP) is 2.37. The zero-order chi connectivity index (χ0) is 12.4. The molecule has 0 aliphatic rings. The van der Waals surface area contributed by atoms with Gasteiger partial charge in [-0.3, -0.25) is 4.68 Å². The molecule has 0 saturated carbocycles. The molecule has 1 heterocycles. The lowest BCUT2D eigenvalue weighted by molar-refractivity contribution is 0.219. The minimum Gasteiger partial charge on any atom is -0.384 e. The summed E-state index contributed by atoms with van der Waals surface area (Å²) >= 11 is 0. The van der Waals surface area contributed by atoms with Crippen molar-refractivity contribution in [1.29, 1.82) is 0 Å². The number of aliphatic hydroxyl groups is 1. The van der Waals surface area contributed by atoms with E-state index < -0.39 is 6.10 Å². The van der Waals surface area contributed by atoms with Gasteiger partial charge in [-0.25, -0.2) is 0 Å². The first-order valence-corrected chi connectivity index (χ1v) is 5.89. The Morgan fingerprint density at radius 2 is 1.94 bits per heavy atom. The average Bonchev–Trinajstić information content (AvgIpc) is 2.68. The van der Waals surface area contributed by atoms with Gasteiger partial charge in [-0.15, -0.1) is 0 Å². The zero-order valence-corrected chi connectivity index (χ0v) is 10.5. The monoisotopic (exact) mass is 230 g/mol. The van der Waals surface area contributed by atoms with E-state index in [9.17, 15) is 5.11 Å². The molecule has 0 aliphatic carbocycles. The average molecular weight is 230 g/mol. The van der Waals surface area contributed by atoms with Crippen molar-refractivity contribution in [3.63, 3.8) is 0 Å². The van der Waals surface area contributed by atoms with Crippen LogP contribution in [0.25, 0.3) is 0 Å². The number of rotatable bonds is 3. The van der Waals surface area contributed by atoms with Gasteiger partial charge in [0.05, 0.1) is 5.69 Å². The first-order valence-electron chi connectivity index (χ1n) is 5.89. The Morgan fingerprint density at radius 1 is 1.29 bits per heavy atom. The van der Waals surface area contributed by atoms with Crippen LogP contribution in [0.3, 0.4) is 0 Å². The van der Waals surface area contributed by atoms with Crippen LogP contribution in [0.5, 0.6) is 0 Å². The van der Waals surface area contributed by atoms with Gasteiger partial charge >= 0.3 is 0 Å². The summed E-state index contributed by atoms with van der Waals surface area (Å²) in [7, 11) is 1.86. The highest BCUT2D eigenvalue weighted by Gasteiger charge is 2.15. The van der Waals surface area contributed by atoms with Gasteiger partial charge in [0.15, 0.2) is 0 Å². The van der Waals surface area contributed by atoms with E-state index in [2.05, 4.69) is 24.2 Å². The third-order valence-corrected chi connectivity index (χ3v) is 3.05. The van der Waals surface area contributed by atoms with Crippen molar-refractivity contribution < 1.29 is 5.11 Å². The number of aryl methyl sites for hydroxylation is 3. The summed E-state index contributed by atoms with van der Waals surface area (Å²) in [6.45, 7) is 4.04. The van der Waals surface area contributed by atoms with Crippen molar-refractivity contribution in [3.8, 4) is 0 Å². The van der Waals surface area contributed by atoms with Crippen LogP contribution in [-0.4, -0.2) is 14.9 Å². The minimum absolute atomic E-state index is 0.588. The van der Waals surface area contributed by atoms with E-state index in [-0.39, 0.29) is 0 Å². The molecule has 1 unspecified atom stereocenters. The highest BCUT2D eigenvalue weighted by molar-refractivity contribution is 5.32. The topological polar surface area (TPSA) is 38.0 Å². The molecule has 17 heavy (non-hydrogen) atoms. The van der Waals surface area contributed by atoms with Crippen molar-refractivity contribution in [2.24, 2.45) is 7.05 Å². The number of hydrogen-bond acceptors (Lipinski definition) is 2. The smallest absolute Gasteiger partial charge is 0.107 e. The molecule has 3 nitrogen and oxygen atoms in total. The maximum absolute atomic E-state index is 10.3. The van der Waals surface area contributed by atoms with Crippen LogP contribution in [0, 0.1) is 6.92 Å². The molecule has 1 aromatic heterocycles. The highest BCUT2D eigenvalue weighted by Crippen LogP contribution is 2.24. The molecule has 1 atom stereocenters. The van der Waals surface area contributed by atoms with Crippen molar-refractivity contribution in [2.45, 2.75) is 26.4 Å². The first-order chi connectivity index (χ1) is 8.11. The maximum atomic E-state index is 10.3. The van der Waals surface area contributed by atoms with Gasteiger partial charge in [0.25, 0.3) is 0 Å². The second-order valence-corrected chi connectivity index (χ2v) is 4.34. The summed E-state index contributed by atoms with van der Waals surface area (Å²) in [6, 6.07) is 8.08. The van der Waals surface area contributed by atoms with Crippen LogP contribution >= 0.6 is 0 Å². The fraction of sp³-hybridized carbons (Fsp3) is 0.357. The van der Waals surface area contributed by atoms with Gasteiger partial charge in [0, 0.05) is 18.8 Å². The van der Waals surface area contributed by atoms with Gasteiger partial charge in [-0.1, -0.05) is 31.2 Å². The van der Waals surface area contributed by atoms with E-state index in [1.807, 2.05) is 32.3 Å². The SMILES string of the molecule is CCc1ccc(C(O)c2cn(C)nc2C)cc1. The normalized spacial score (nSPS) is 12.7. The molecule has 0 radical (unpaired) electrons. The lowest BCUT2D eigenvalue weighted by Crippen LogP contribution is -2.00. The Balaban J connectivity index is 2.30. The van der Waals surface area contributed by atoms with Crippen molar-refractivity contribution in [2.75, 3.05) is 0 Å². The molecule has 1 N–H and O–H groups in total. The Morgan fingerprint density at radius 3 is 2.41 bits per heavy atom. The van der Waals surface area contributed by atoms with E-state index in [0.717, 1.165) is 23.2 Å². The Hall–Kier alpha value is -1.61. The van der Waals surface area contributed by atoms with E-state index in [0.29, 0.717) is 0 Å². The van der Waals surface area contributed by atoms with E-state index in [1.54, 1.807) is 4.68 Å². The lowest BCUT2D eigenvalue weighted by atomic mass is 10.0. The molecule has 90 valence electrons. The molecule has 2 aromatic rings. The van der Waals surface area contributed by atoms with Crippen LogP contribution < -0.4 is 0 Å². The van der Waals surface area contributed by atoms with Gasteiger partial charge in [0.1, 0.15) is 6.10 Å². The molecule has 0 fully saturated rings. The Labute approximate surface area is 102 Å². The molecule has 1 aromatic carbocycles. The van der Waals surface area contributed by atoms with Crippen LogP contribution in [-0.2, 0) is 13.5 Å². The lowest BCUT2D eigenvalue weighted by Gasteiger charge is -2.10. The van der Waals surface area contributed by atoms with Crippen molar-refractivity contribution in [3.05, 3.63) is 52.8 Å². The van der Waals surface area contributed by atoms with Crippen molar-refractivity contribution >= 4 is 0 Å². The Bertz CT molecular complexity index is 499. The van der Waals surface area contributed by atoms with Crippen LogP contribution in [0.2, 0.25) is 0 Å². The largest absolute Gasteiger partial charge is 0.384 e. The summed E-state index contributed by atoms with van der Waals surface area (Å²) in [5.74, 6) is 0. The minimum atomic E-state index is -0.588. The molecule has 2 rings (SSSR count). The maximum Gasteiger partial charge on any atom is 0.107 e. The Kier molecular flexibility index (Phi) is 3.29. The van der Waals surface area contributed by atoms with E-state index in [1.165, 1.54) is 5.56 Å². The van der Waals surface area contributed by atoms with Gasteiger partial charge < -0.3 is 5.11 Å². The van der Waals surface area contributed by atoms with Gasteiger partial charge in [0.2, 0.25) is 0 Å². The standard InChI is InChI=1S/C14H18N2O/c1-4-11-5-7-12(8-6-11)14(17)13-9-16(3)15-10(13)2/h5-9,14,17H,4H2,1-3H3. The number of aromatic nitrogens is 2. The second-order valence-electron chi connectivity index (χ2n) is 4.34. The summed E-state index contributed by atoms with van der Waals surface area (Å²) in [5, 5.41) is 14.5. The molecule has 0 aliphatic heterocycles. The fourth-order valence-electron chi connectivity index (χ4n) is 2.00. The summed E-state index contributed by atoms with van der Waals surface area (Å²) in [4.78, 5) is 0. The highest BCUT2D eigenvalue weighted by atomic mass is 16.3. The second kappa shape index (κ2) is 4.72. The molecular weight excluding hydrogens is 212 g/mol. The quantitative estimate of drug-likeness (QED) is 0.879. The third kappa shape index (κ3) is 2.39. The fourth-order valence-corrected chi connectivity index (χ4v) is 2.00. The number of nitrogens with zero attached hydrogens (tertiary/aromatic N) is 2. The van der Waals surface area contributed by atoms with Gasteiger partial charge in [-0.05, 0) is 24.5 Å². The van der Waals surface area contributed by atoms with E-state index >= 15 is 0 Å². The van der Waals surface area contributed by atoms with Crippen molar-refractivity contribution in [1.82, 2.24) is 9.78 Å². The number of benzene rings is 1. The molecule has 0 saturated heterocycles. The van der Waals surface area contributed by atoms with Crippen LogP contribution in [0.1, 0.15) is 35.4 Å². The van der Waals surface area contributed by atoms with E-state index in [4.69, 9.17) is 0 Å². The predicted molar refractivity (Wildman–Crippen MR) is 67.8 cm³/mol. The zero-order valence-electron chi connectivity index (χ0n) is 10.5. The number of hydrogen-bond donors (Lipinski definition) is 1. The van der Waals surface area contributed by atoms with Crippen LogP contribution in [0.4, 0.5) is 0 Å². The molecule has 0 spiro atoms. The summed E-state index contributed by atoms with van der Waals surface area (Å²) in [6.07, 6.45) is 2.30. The molecule has 0 bridgehead atoms. The first kappa shape index (κ1) is 11.9. The molecule has 0 amide bonds. The summed E-state index contributed by atoms with van der Waals surface area (Å²) in [5.41, 5.74) is 3.94. The summed E-state index contributed by atoms with van der Waals surface area (Å²) < 4.78 is 1.73. The van der Waals surface area contributed by atoms with Gasteiger partial charge in [-0.2, -0.15) is 5.10 Å².